The third-order valence-corrected chi connectivity index (χ3v) is 4.18. The van der Waals surface area contributed by atoms with E-state index in [2.05, 4.69) is 15.1 Å². The molecule has 0 aliphatic rings. The fourth-order valence-corrected chi connectivity index (χ4v) is 2.57. The Kier molecular flexibility index (Phi) is 2.83. The van der Waals surface area contributed by atoms with Gasteiger partial charge in [0.2, 0.25) is 11.7 Å². The summed E-state index contributed by atoms with van der Waals surface area (Å²) in [4.78, 5) is 18.8. The van der Waals surface area contributed by atoms with Crippen LogP contribution < -0.4 is 5.56 Å². The standard InChI is InChI=1S/C15H16N4O2/c1-7-5-11(10(4)9(3)8(7)2)12-13(20)18-15-16-6-17-19(15)14(12)21/h5-6,21H,1-4H3,(H,16,17,18,20). The molecule has 0 unspecified atom stereocenters. The first-order chi connectivity index (χ1) is 9.91. The van der Waals surface area contributed by atoms with Gasteiger partial charge < -0.3 is 5.11 Å². The first kappa shape index (κ1) is 13.4. The van der Waals surface area contributed by atoms with Crippen LogP contribution in [0.25, 0.3) is 16.9 Å². The molecule has 21 heavy (non-hydrogen) atoms. The molecule has 2 heterocycles. The van der Waals surface area contributed by atoms with Crippen LogP contribution in [-0.2, 0) is 0 Å². The minimum atomic E-state index is -0.376. The third-order valence-electron chi connectivity index (χ3n) is 4.18. The summed E-state index contributed by atoms with van der Waals surface area (Å²) in [6.45, 7) is 8.00. The second-order valence-corrected chi connectivity index (χ2v) is 5.26. The van der Waals surface area contributed by atoms with Gasteiger partial charge in [-0.1, -0.05) is 6.07 Å². The number of benzene rings is 1. The molecule has 0 aliphatic carbocycles. The van der Waals surface area contributed by atoms with E-state index in [-0.39, 0.29) is 22.8 Å². The highest BCUT2D eigenvalue weighted by atomic mass is 16.3. The molecule has 0 spiro atoms. The van der Waals surface area contributed by atoms with Gasteiger partial charge in [-0.25, -0.2) is 0 Å². The number of fused-ring (bicyclic) bond motifs is 1. The van der Waals surface area contributed by atoms with Crippen molar-refractivity contribution in [2.75, 3.05) is 0 Å². The maximum atomic E-state index is 12.3. The monoisotopic (exact) mass is 284 g/mol. The van der Waals surface area contributed by atoms with Crippen molar-refractivity contribution in [1.82, 2.24) is 19.6 Å². The van der Waals surface area contributed by atoms with Crippen molar-refractivity contribution >= 4 is 5.78 Å². The largest absolute Gasteiger partial charge is 0.493 e. The predicted molar refractivity (Wildman–Crippen MR) is 79.7 cm³/mol. The number of nitrogens with one attached hydrogen (secondary N) is 1. The maximum absolute atomic E-state index is 12.3. The molecule has 6 heteroatoms. The van der Waals surface area contributed by atoms with Crippen LogP contribution in [0.4, 0.5) is 0 Å². The Morgan fingerprint density at radius 3 is 2.57 bits per heavy atom. The van der Waals surface area contributed by atoms with Crippen molar-refractivity contribution in [2.24, 2.45) is 0 Å². The normalized spacial score (nSPS) is 11.2. The molecular formula is C15H16N4O2. The molecule has 0 saturated heterocycles. The Labute approximate surface area is 121 Å². The summed E-state index contributed by atoms with van der Waals surface area (Å²) >= 11 is 0. The molecule has 0 saturated carbocycles. The highest BCUT2D eigenvalue weighted by Crippen LogP contribution is 2.32. The van der Waals surface area contributed by atoms with E-state index in [0.29, 0.717) is 5.56 Å². The highest BCUT2D eigenvalue weighted by molar-refractivity contribution is 5.74. The van der Waals surface area contributed by atoms with Gasteiger partial charge in [0, 0.05) is 0 Å². The average Bonchev–Trinajstić information content (AvgIpc) is 2.90. The van der Waals surface area contributed by atoms with Crippen LogP contribution in [0.2, 0.25) is 0 Å². The van der Waals surface area contributed by atoms with E-state index in [0.717, 1.165) is 16.7 Å². The first-order valence-corrected chi connectivity index (χ1v) is 6.64. The second kappa shape index (κ2) is 4.44. The van der Waals surface area contributed by atoms with Gasteiger partial charge in [-0.15, -0.1) is 0 Å². The van der Waals surface area contributed by atoms with Crippen molar-refractivity contribution in [2.45, 2.75) is 27.7 Å². The quantitative estimate of drug-likeness (QED) is 0.716. The second-order valence-electron chi connectivity index (χ2n) is 5.26. The van der Waals surface area contributed by atoms with E-state index in [9.17, 15) is 9.90 Å². The zero-order valence-electron chi connectivity index (χ0n) is 12.4. The van der Waals surface area contributed by atoms with E-state index >= 15 is 0 Å². The van der Waals surface area contributed by atoms with Crippen LogP contribution in [0.5, 0.6) is 5.88 Å². The lowest BCUT2D eigenvalue weighted by molar-refractivity contribution is 0.436. The predicted octanol–water partition coefficient (Wildman–Crippen LogP) is 2.02. The minimum absolute atomic E-state index is 0.197. The zero-order chi connectivity index (χ0) is 15.3. The molecule has 0 bridgehead atoms. The van der Waals surface area contributed by atoms with Crippen LogP contribution in [0, 0.1) is 27.7 Å². The lowest BCUT2D eigenvalue weighted by Crippen LogP contribution is -2.14. The van der Waals surface area contributed by atoms with Crippen LogP contribution in [0.3, 0.4) is 0 Å². The Bertz CT molecular complexity index is 922. The number of aryl methyl sites for hydroxylation is 1. The van der Waals surface area contributed by atoms with Gasteiger partial charge in [0.15, 0.2) is 0 Å². The summed E-state index contributed by atoms with van der Waals surface area (Å²) < 4.78 is 1.22. The number of hydrogen-bond acceptors (Lipinski definition) is 4. The van der Waals surface area contributed by atoms with E-state index < -0.39 is 0 Å². The molecule has 3 aromatic rings. The average molecular weight is 284 g/mol. The van der Waals surface area contributed by atoms with E-state index in [1.54, 1.807) is 0 Å². The minimum Gasteiger partial charge on any atom is -0.493 e. The molecule has 0 atom stereocenters. The zero-order valence-corrected chi connectivity index (χ0v) is 12.4. The molecule has 3 rings (SSSR count). The third kappa shape index (κ3) is 1.83. The highest BCUT2D eigenvalue weighted by Gasteiger charge is 2.19. The van der Waals surface area contributed by atoms with Crippen LogP contribution in [0.1, 0.15) is 22.3 Å². The number of rotatable bonds is 1. The fraction of sp³-hybridized carbons (Fsp3) is 0.267. The molecule has 0 aliphatic heterocycles. The summed E-state index contributed by atoms with van der Waals surface area (Å²) in [5.74, 6) is 0.0245. The van der Waals surface area contributed by atoms with E-state index in [1.807, 2.05) is 33.8 Å². The van der Waals surface area contributed by atoms with Gasteiger partial charge >= 0.3 is 0 Å². The smallest absolute Gasteiger partial charge is 0.264 e. The molecular weight excluding hydrogens is 268 g/mol. The van der Waals surface area contributed by atoms with Gasteiger partial charge in [-0.05, 0) is 55.5 Å². The van der Waals surface area contributed by atoms with Crippen molar-refractivity contribution in [3.63, 3.8) is 0 Å². The van der Waals surface area contributed by atoms with Gasteiger partial charge in [0.25, 0.3) is 5.56 Å². The Balaban J connectivity index is 2.43. The number of hydrogen-bond donors (Lipinski definition) is 2. The maximum Gasteiger partial charge on any atom is 0.264 e. The van der Waals surface area contributed by atoms with Crippen LogP contribution in [-0.4, -0.2) is 24.7 Å². The van der Waals surface area contributed by atoms with Crippen molar-refractivity contribution in [3.05, 3.63) is 45.0 Å². The van der Waals surface area contributed by atoms with Crippen LogP contribution >= 0.6 is 0 Å². The lowest BCUT2D eigenvalue weighted by atomic mass is 9.91. The Morgan fingerprint density at radius 2 is 1.86 bits per heavy atom. The number of aromatic amines is 1. The molecule has 2 aromatic heterocycles. The Hall–Kier alpha value is -2.63. The van der Waals surface area contributed by atoms with Crippen LogP contribution in [0.15, 0.2) is 17.2 Å². The van der Waals surface area contributed by atoms with Crippen molar-refractivity contribution in [3.8, 4) is 17.0 Å². The summed E-state index contributed by atoms with van der Waals surface area (Å²) in [7, 11) is 0. The summed E-state index contributed by atoms with van der Waals surface area (Å²) in [6, 6.07) is 1.92. The number of aromatic hydroxyl groups is 1. The van der Waals surface area contributed by atoms with Crippen molar-refractivity contribution < 1.29 is 5.11 Å². The molecule has 108 valence electrons. The van der Waals surface area contributed by atoms with Crippen molar-refractivity contribution in [1.29, 1.82) is 0 Å². The summed E-state index contributed by atoms with van der Waals surface area (Å²) in [5, 5.41) is 14.3. The molecule has 6 nitrogen and oxygen atoms in total. The SMILES string of the molecule is Cc1cc(-c2c(O)n3ncnc3[nH]c2=O)c(C)c(C)c1C. The van der Waals surface area contributed by atoms with Gasteiger partial charge in [0.1, 0.15) is 11.9 Å². The van der Waals surface area contributed by atoms with E-state index in [1.165, 1.54) is 16.4 Å². The number of aromatic nitrogens is 4. The fourth-order valence-electron chi connectivity index (χ4n) is 2.57. The topological polar surface area (TPSA) is 83.3 Å². The summed E-state index contributed by atoms with van der Waals surface area (Å²) in [6.07, 6.45) is 1.28. The summed E-state index contributed by atoms with van der Waals surface area (Å²) in [5.41, 5.74) is 4.91. The molecule has 1 aromatic carbocycles. The number of nitrogens with zero attached hydrogens (tertiary/aromatic N) is 3. The molecule has 0 amide bonds. The van der Waals surface area contributed by atoms with Gasteiger partial charge in [-0.2, -0.15) is 14.6 Å². The van der Waals surface area contributed by atoms with Gasteiger partial charge in [-0.3, -0.25) is 9.78 Å². The first-order valence-electron chi connectivity index (χ1n) is 6.64. The molecule has 0 fully saturated rings. The lowest BCUT2D eigenvalue weighted by Gasteiger charge is -2.14. The molecule has 0 radical (unpaired) electrons. The van der Waals surface area contributed by atoms with E-state index in [4.69, 9.17) is 0 Å². The number of H-pyrrole nitrogens is 1. The van der Waals surface area contributed by atoms with Gasteiger partial charge in [0.05, 0.1) is 0 Å². The molecule has 2 N–H and O–H groups in total. The Morgan fingerprint density at radius 1 is 1.14 bits per heavy atom.